The van der Waals surface area contributed by atoms with Crippen LogP contribution in [0.1, 0.15) is 18.1 Å². The van der Waals surface area contributed by atoms with Gasteiger partial charge in [-0.1, -0.05) is 6.08 Å². The SMILES string of the molecule is C=CCSCCN=C(NCC)N1CCc2cc(OC)c(OC)cc2C1.I. The molecule has 1 aromatic carbocycles. The summed E-state index contributed by atoms with van der Waals surface area (Å²) >= 11 is 1.86. The van der Waals surface area contributed by atoms with Crippen LogP contribution in [0, 0.1) is 0 Å². The van der Waals surface area contributed by atoms with Gasteiger partial charge in [0.1, 0.15) is 0 Å². The van der Waals surface area contributed by atoms with Gasteiger partial charge in [-0.3, -0.25) is 4.99 Å². The van der Waals surface area contributed by atoms with Gasteiger partial charge in [-0.2, -0.15) is 11.8 Å². The summed E-state index contributed by atoms with van der Waals surface area (Å²) in [6, 6.07) is 4.19. The van der Waals surface area contributed by atoms with Gasteiger partial charge in [-0.15, -0.1) is 30.6 Å². The molecule has 1 heterocycles. The van der Waals surface area contributed by atoms with Crippen molar-refractivity contribution >= 4 is 41.7 Å². The smallest absolute Gasteiger partial charge is 0.194 e. The van der Waals surface area contributed by atoms with Crippen LogP contribution in [0.25, 0.3) is 0 Å². The summed E-state index contributed by atoms with van der Waals surface area (Å²) in [7, 11) is 3.36. The van der Waals surface area contributed by atoms with Gasteiger partial charge in [0, 0.05) is 31.1 Å². The van der Waals surface area contributed by atoms with Gasteiger partial charge < -0.3 is 19.7 Å². The van der Waals surface area contributed by atoms with E-state index in [1.54, 1.807) is 14.2 Å². The van der Waals surface area contributed by atoms with E-state index in [1.165, 1.54) is 11.1 Å². The van der Waals surface area contributed by atoms with Crippen LogP contribution in [0.2, 0.25) is 0 Å². The molecule has 7 heteroatoms. The highest BCUT2D eigenvalue weighted by Crippen LogP contribution is 2.33. The van der Waals surface area contributed by atoms with Crippen molar-refractivity contribution in [2.45, 2.75) is 19.9 Å². The van der Waals surface area contributed by atoms with E-state index >= 15 is 0 Å². The van der Waals surface area contributed by atoms with Crippen molar-refractivity contribution in [1.29, 1.82) is 0 Å². The lowest BCUT2D eigenvalue weighted by Crippen LogP contribution is -2.44. The number of nitrogens with one attached hydrogen (secondary N) is 1. The predicted molar refractivity (Wildman–Crippen MR) is 123 cm³/mol. The fourth-order valence-electron chi connectivity index (χ4n) is 2.87. The highest BCUT2D eigenvalue weighted by Gasteiger charge is 2.21. The van der Waals surface area contributed by atoms with Crippen LogP contribution in [0.5, 0.6) is 11.5 Å². The van der Waals surface area contributed by atoms with Gasteiger partial charge in [0.05, 0.1) is 20.8 Å². The van der Waals surface area contributed by atoms with E-state index in [0.717, 1.165) is 61.6 Å². The molecule has 0 amide bonds. The fraction of sp³-hybridized carbons (Fsp3) is 0.526. The number of halogens is 1. The Balaban J connectivity index is 0.00000338. The van der Waals surface area contributed by atoms with E-state index in [9.17, 15) is 0 Å². The number of methoxy groups -OCH3 is 2. The molecule has 0 spiro atoms. The molecule has 26 heavy (non-hydrogen) atoms. The van der Waals surface area contributed by atoms with Crippen molar-refractivity contribution in [1.82, 2.24) is 10.2 Å². The Bertz CT molecular complexity index is 611. The minimum Gasteiger partial charge on any atom is -0.493 e. The van der Waals surface area contributed by atoms with Crippen molar-refractivity contribution in [3.05, 3.63) is 35.9 Å². The predicted octanol–water partition coefficient (Wildman–Crippen LogP) is 3.56. The Morgan fingerprint density at radius 2 is 2.00 bits per heavy atom. The maximum atomic E-state index is 5.45. The van der Waals surface area contributed by atoms with E-state index in [0.29, 0.717) is 0 Å². The maximum absolute atomic E-state index is 5.45. The topological polar surface area (TPSA) is 46.1 Å². The number of hydrogen-bond acceptors (Lipinski definition) is 4. The summed E-state index contributed by atoms with van der Waals surface area (Å²) in [5, 5.41) is 3.42. The second-order valence-corrected chi connectivity index (χ2v) is 6.90. The van der Waals surface area contributed by atoms with Crippen molar-refractivity contribution in [2.24, 2.45) is 4.99 Å². The first-order chi connectivity index (χ1) is 12.2. The summed E-state index contributed by atoms with van der Waals surface area (Å²) in [6.45, 7) is 9.32. The number of thioether (sulfide) groups is 1. The fourth-order valence-corrected chi connectivity index (χ4v) is 3.43. The number of fused-ring (bicyclic) bond motifs is 1. The average molecular weight is 491 g/mol. The van der Waals surface area contributed by atoms with Gasteiger partial charge in [-0.05, 0) is 36.6 Å². The van der Waals surface area contributed by atoms with Crippen LogP contribution in [0.3, 0.4) is 0 Å². The van der Waals surface area contributed by atoms with Crippen LogP contribution < -0.4 is 14.8 Å². The molecule has 0 bridgehead atoms. The third-order valence-electron chi connectivity index (χ3n) is 4.09. The molecule has 0 saturated carbocycles. The zero-order valence-electron chi connectivity index (χ0n) is 15.9. The summed E-state index contributed by atoms with van der Waals surface area (Å²) in [4.78, 5) is 7.09. The third-order valence-corrected chi connectivity index (χ3v) is 5.03. The standard InChI is InChI=1S/C19H29N3O2S.HI/c1-5-10-25-11-8-21-19(20-6-2)22-9-7-15-12-17(23-3)18(24-4)13-16(15)14-22;/h5,12-13H,1,6-11,14H2,2-4H3,(H,20,21);1H. The van der Waals surface area contributed by atoms with E-state index in [2.05, 4.69) is 35.9 Å². The second-order valence-electron chi connectivity index (χ2n) is 5.75. The van der Waals surface area contributed by atoms with Crippen LogP contribution >= 0.6 is 35.7 Å². The summed E-state index contributed by atoms with van der Waals surface area (Å²) in [5.74, 6) is 4.56. The number of hydrogen-bond donors (Lipinski definition) is 1. The molecule has 146 valence electrons. The molecule has 1 aromatic rings. The van der Waals surface area contributed by atoms with Crippen LogP contribution in [-0.4, -0.2) is 56.2 Å². The number of benzene rings is 1. The van der Waals surface area contributed by atoms with E-state index in [-0.39, 0.29) is 24.0 Å². The van der Waals surface area contributed by atoms with Crippen molar-refractivity contribution < 1.29 is 9.47 Å². The molecule has 1 N–H and O–H groups in total. The molecule has 0 atom stereocenters. The zero-order valence-corrected chi connectivity index (χ0v) is 19.1. The lowest BCUT2D eigenvalue weighted by atomic mass is 9.99. The Labute approximate surface area is 178 Å². The molecule has 0 aromatic heterocycles. The normalized spacial score (nSPS) is 13.5. The van der Waals surface area contributed by atoms with Gasteiger partial charge in [0.25, 0.3) is 0 Å². The van der Waals surface area contributed by atoms with Crippen molar-refractivity contribution in [3.8, 4) is 11.5 Å². The maximum Gasteiger partial charge on any atom is 0.194 e. The van der Waals surface area contributed by atoms with Crippen LogP contribution in [0.15, 0.2) is 29.8 Å². The minimum atomic E-state index is 0. The zero-order chi connectivity index (χ0) is 18.1. The van der Waals surface area contributed by atoms with Crippen molar-refractivity contribution in [2.75, 3.05) is 45.4 Å². The van der Waals surface area contributed by atoms with Gasteiger partial charge in [0.2, 0.25) is 0 Å². The summed E-state index contributed by atoms with van der Waals surface area (Å²) in [6.07, 6.45) is 2.91. The van der Waals surface area contributed by atoms with Gasteiger partial charge in [-0.25, -0.2) is 0 Å². The van der Waals surface area contributed by atoms with Crippen LogP contribution in [0.4, 0.5) is 0 Å². The van der Waals surface area contributed by atoms with Gasteiger partial charge in [0.15, 0.2) is 17.5 Å². The first-order valence-corrected chi connectivity index (χ1v) is 9.84. The summed E-state index contributed by atoms with van der Waals surface area (Å²) in [5.41, 5.74) is 2.60. The summed E-state index contributed by atoms with van der Waals surface area (Å²) < 4.78 is 10.9. The first-order valence-electron chi connectivity index (χ1n) is 8.69. The van der Waals surface area contributed by atoms with Crippen LogP contribution in [-0.2, 0) is 13.0 Å². The molecule has 0 unspecified atom stereocenters. The monoisotopic (exact) mass is 491 g/mol. The highest BCUT2D eigenvalue weighted by molar-refractivity contribution is 14.0. The Morgan fingerprint density at radius 3 is 2.62 bits per heavy atom. The number of rotatable bonds is 8. The Morgan fingerprint density at radius 1 is 1.31 bits per heavy atom. The van der Waals surface area contributed by atoms with Crippen molar-refractivity contribution in [3.63, 3.8) is 0 Å². The number of ether oxygens (including phenoxy) is 2. The van der Waals surface area contributed by atoms with E-state index in [4.69, 9.17) is 14.5 Å². The molecule has 1 aliphatic heterocycles. The third kappa shape index (κ3) is 6.26. The molecule has 0 radical (unpaired) electrons. The molecular weight excluding hydrogens is 461 g/mol. The Hall–Kier alpha value is -1.09. The number of nitrogens with zero attached hydrogens (tertiary/aromatic N) is 2. The minimum absolute atomic E-state index is 0. The van der Waals surface area contributed by atoms with Gasteiger partial charge >= 0.3 is 0 Å². The highest BCUT2D eigenvalue weighted by atomic mass is 127. The number of aliphatic imine (C=N–C) groups is 1. The molecule has 0 saturated heterocycles. The Kier molecular flexibility index (Phi) is 10.9. The molecular formula is C19H30IN3O2S. The lowest BCUT2D eigenvalue weighted by Gasteiger charge is -2.32. The number of guanidine groups is 1. The molecule has 0 fully saturated rings. The molecule has 1 aliphatic rings. The second kappa shape index (κ2) is 12.3. The first kappa shape index (κ1) is 23.0. The van der Waals surface area contributed by atoms with E-state index in [1.807, 2.05) is 17.8 Å². The molecule has 5 nitrogen and oxygen atoms in total. The quantitative estimate of drug-likeness (QED) is 0.198. The van der Waals surface area contributed by atoms with E-state index < -0.39 is 0 Å². The molecule has 0 aliphatic carbocycles. The molecule has 2 rings (SSSR count). The lowest BCUT2D eigenvalue weighted by molar-refractivity contribution is 0.346. The average Bonchev–Trinajstić information content (AvgIpc) is 2.65. The largest absolute Gasteiger partial charge is 0.493 e.